The molecule has 0 aliphatic carbocycles. The van der Waals surface area contributed by atoms with E-state index in [0.29, 0.717) is 11.5 Å². The molecule has 7 heteroatoms. The van der Waals surface area contributed by atoms with Gasteiger partial charge in [0.1, 0.15) is 29.8 Å². The van der Waals surface area contributed by atoms with Gasteiger partial charge in [-0.15, -0.1) is 0 Å². The lowest BCUT2D eigenvalue weighted by molar-refractivity contribution is -0.384. The summed E-state index contributed by atoms with van der Waals surface area (Å²) in [5.74, 6) is -0.946. The lowest BCUT2D eigenvalue weighted by Crippen LogP contribution is -2.21. The molecule has 0 bridgehead atoms. The Balaban J connectivity index is 1.97. The van der Waals surface area contributed by atoms with E-state index < -0.39 is 10.9 Å². The van der Waals surface area contributed by atoms with E-state index >= 15 is 0 Å². The first-order valence-corrected chi connectivity index (χ1v) is 5.23. The van der Waals surface area contributed by atoms with Crippen molar-refractivity contribution < 1.29 is 24.0 Å². The van der Waals surface area contributed by atoms with E-state index in [1.54, 1.807) is 0 Å². The number of carbonyl (C=O) groups is 1. The second-order valence-corrected chi connectivity index (χ2v) is 3.59. The number of non-ortho nitro benzene ring substituents is 1. The lowest BCUT2D eigenvalue weighted by atomic mass is 10.3. The fourth-order valence-corrected chi connectivity index (χ4v) is 1.38. The molecule has 0 radical (unpaired) electrons. The van der Waals surface area contributed by atoms with Crippen LogP contribution in [0.3, 0.4) is 0 Å². The Bertz CT molecular complexity index is 601. The van der Waals surface area contributed by atoms with E-state index in [-0.39, 0.29) is 18.1 Å². The first-order chi connectivity index (χ1) is 9.06. The maximum Gasteiger partial charge on any atom is 0.269 e. The average molecular weight is 262 g/mol. The van der Waals surface area contributed by atoms with E-state index in [1.807, 2.05) is 0 Å². The van der Waals surface area contributed by atoms with Crippen LogP contribution in [0.5, 0.6) is 5.75 Å². The number of carboxylic acid groups (broad SMARTS) is 1. The fourth-order valence-electron chi connectivity index (χ4n) is 1.38. The van der Waals surface area contributed by atoms with Crippen molar-refractivity contribution in [2.45, 2.75) is 6.61 Å². The number of carbonyl (C=O) groups excluding carboxylic acids is 1. The summed E-state index contributed by atoms with van der Waals surface area (Å²) in [6.07, 6.45) is 0. The van der Waals surface area contributed by atoms with Gasteiger partial charge in [0.25, 0.3) is 5.69 Å². The molecule has 2 rings (SSSR count). The van der Waals surface area contributed by atoms with Gasteiger partial charge in [-0.05, 0) is 24.3 Å². The summed E-state index contributed by atoms with van der Waals surface area (Å²) in [6, 6.07) is 8.23. The minimum Gasteiger partial charge on any atom is -0.542 e. The Morgan fingerprint density at radius 3 is 2.42 bits per heavy atom. The zero-order valence-corrected chi connectivity index (χ0v) is 9.57. The minimum absolute atomic E-state index is 0.0189. The zero-order chi connectivity index (χ0) is 13.8. The van der Waals surface area contributed by atoms with Crippen LogP contribution in [-0.2, 0) is 6.61 Å². The highest BCUT2D eigenvalue weighted by Crippen LogP contribution is 2.18. The Hall–Kier alpha value is -2.83. The number of carboxylic acids is 1. The van der Waals surface area contributed by atoms with Crippen LogP contribution < -0.4 is 9.84 Å². The minimum atomic E-state index is -1.40. The monoisotopic (exact) mass is 262 g/mol. The molecule has 0 N–H and O–H groups in total. The Morgan fingerprint density at radius 1 is 1.21 bits per heavy atom. The molecule has 1 aromatic heterocycles. The number of benzene rings is 1. The van der Waals surface area contributed by atoms with Gasteiger partial charge >= 0.3 is 0 Å². The van der Waals surface area contributed by atoms with Crippen LogP contribution >= 0.6 is 0 Å². The molecule has 0 atom stereocenters. The van der Waals surface area contributed by atoms with Crippen molar-refractivity contribution >= 4 is 11.7 Å². The summed E-state index contributed by atoms with van der Waals surface area (Å²) >= 11 is 0. The van der Waals surface area contributed by atoms with Crippen LogP contribution in [0.25, 0.3) is 0 Å². The average Bonchev–Trinajstić information content (AvgIpc) is 2.86. The number of hydrogen-bond acceptors (Lipinski definition) is 6. The summed E-state index contributed by atoms with van der Waals surface area (Å²) in [5.41, 5.74) is -0.0374. The molecular formula is C12H8NO6-. The van der Waals surface area contributed by atoms with E-state index in [4.69, 9.17) is 9.15 Å². The van der Waals surface area contributed by atoms with Gasteiger partial charge in [-0.3, -0.25) is 10.1 Å². The second-order valence-electron chi connectivity index (χ2n) is 3.59. The largest absolute Gasteiger partial charge is 0.542 e. The van der Waals surface area contributed by atoms with Gasteiger partial charge in [0, 0.05) is 12.1 Å². The number of aromatic carboxylic acids is 1. The SMILES string of the molecule is O=C([O-])c1ccc(COc2ccc([N+](=O)[O-])cc2)o1. The van der Waals surface area contributed by atoms with Crippen molar-refractivity contribution in [2.24, 2.45) is 0 Å². The van der Waals surface area contributed by atoms with Crippen LogP contribution in [0.15, 0.2) is 40.8 Å². The second kappa shape index (κ2) is 5.21. The van der Waals surface area contributed by atoms with Gasteiger partial charge in [0.2, 0.25) is 0 Å². The smallest absolute Gasteiger partial charge is 0.269 e. The summed E-state index contributed by atoms with van der Waals surface area (Å²) in [6.45, 7) is 0.0189. The molecule has 2 aromatic rings. The maximum absolute atomic E-state index is 10.5. The standard InChI is InChI=1S/C12H9NO6/c14-12(15)11-6-5-10(19-11)7-18-9-3-1-8(2-4-9)13(16)17/h1-6H,7H2,(H,14,15)/p-1. The molecule has 0 saturated carbocycles. The van der Waals surface area contributed by atoms with Crippen LogP contribution in [0.4, 0.5) is 5.69 Å². The van der Waals surface area contributed by atoms with Crippen molar-refractivity contribution in [1.82, 2.24) is 0 Å². The van der Waals surface area contributed by atoms with Crippen LogP contribution in [0.1, 0.15) is 16.3 Å². The Labute approximate surface area is 107 Å². The number of furan rings is 1. The molecule has 98 valence electrons. The molecule has 0 fully saturated rings. The third kappa shape index (κ3) is 3.09. The topological polar surface area (TPSA) is 106 Å². The predicted molar refractivity (Wildman–Crippen MR) is 60.5 cm³/mol. The molecule has 1 aromatic carbocycles. The highest BCUT2D eigenvalue weighted by Gasteiger charge is 2.06. The highest BCUT2D eigenvalue weighted by atomic mass is 16.6. The fraction of sp³-hybridized carbons (Fsp3) is 0.0833. The predicted octanol–water partition coefficient (Wildman–Crippen LogP) is 1.13. The molecule has 19 heavy (non-hydrogen) atoms. The van der Waals surface area contributed by atoms with Crippen molar-refractivity contribution in [3.05, 3.63) is 58.0 Å². The van der Waals surface area contributed by atoms with E-state index in [1.165, 1.54) is 36.4 Å². The van der Waals surface area contributed by atoms with Gasteiger partial charge in [-0.2, -0.15) is 0 Å². The molecule has 0 amide bonds. The Kier molecular flexibility index (Phi) is 3.46. The molecule has 0 unspecified atom stereocenters. The number of rotatable bonds is 5. The Morgan fingerprint density at radius 2 is 1.89 bits per heavy atom. The number of nitrogens with zero attached hydrogens (tertiary/aromatic N) is 1. The first-order valence-electron chi connectivity index (χ1n) is 5.23. The molecule has 7 nitrogen and oxygen atoms in total. The summed E-state index contributed by atoms with van der Waals surface area (Å²) in [4.78, 5) is 20.4. The summed E-state index contributed by atoms with van der Waals surface area (Å²) in [7, 11) is 0. The summed E-state index contributed by atoms with van der Waals surface area (Å²) < 4.78 is 10.2. The van der Waals surface area contributed by atoms with Crippen molar-refractivity contribution in [3.8, 4) is 5.75 Å². The van der Waals surface area contributed by atoms with E-state index in [0.717, 1.165) is 0 Å². The third-order valence-electron chi connectivity index (χ3n) is 2.29. The maximum atomic E-state index is 10.5. The lowest BCUT2D eigenvalue weighted by Gasteiger charge is -2.03. The van der Waals surface area contributed by atoms with Gasteiger partial charge in [-0.25, -0.2) is 0 Å². The van der Waals surface area contributed by atoms with Crippen LogP contribution in [-0.4, -0.2) is 10.9 Å². The number of hydrogen-bond donors (Lipinski definition) is 0. The van der Waals surface area contributed by atoms with Crippen molar-refractivity contribution in [3.63, 3.8) is 0 Å². The highest BCUT2D eigenvalue weighted by molar-refractivity contribution is 5.82. The van der Waals surface area contributed by atoms with Gasteiger partial charge in [0.05, 0.1) is 4.92 Å². The molecule has 0 spiro atoms. The van der Waals surface area contributed by atoms with Crippen LogP contribution in [0, 0.1) is 10.1 Å². The number of nitro groups is 1. The zero-order valence-electron chi connectivity index (χ0n) is 9.57. The molecule has 0 aliphatic heterocycles. The van der Waals surface area contributed by atoms with Crippen molar-refractivity contribution in [2.75, 3.05) is 0 Å². The van der Waals surface area contributed by atoms with Crippen molar-refractivity contribution in [1.29, 1.82) is 0 Å². The number of nitro benzene ring substituents is 1. The van der Waals surface area contributed by atoms with E-state index in [9.17, 15) is 20.0 Å². The molecule has 0 saturated heterocycles. The quantitative estimate of drug-likeness (QED) is 0.590. The number of ether oxygens (including phenoxy) is 1. The molecule has 0 aliphatic rings. The van der Waals surface area contributed by atoms with Gasteiger partial charge in [0.15, 0.2) is 0 Å². The molecular weight excluding hydrogens is 254 g/mol. The van der Waals surface area contributed by atoms with Gasteiger partial charge in [-0.1, -0.05) is 0 Å². The summed E-state index contributed by atoms with van der Waals surface area (Å²) in [5, 5.41) is 20.9. The third-order valence-corrected chi connectivity index (χ3v) is 2.29. The van der Waals surface area contributed by atoms with Gasteiger partial charge < -0.3 is 19.1 Å². The van der Waals surface area contributed by atoms with Crippen LogP contribution in [0.2, 0.25) is 0 Å². The van der Waals surface area contributed by atoms with E-state index in [2.05, 4.69) is 0 Å². The first kappa shape index (κ1) is 12.6. The normalized spacial score (nSPS) is 10.1. The molecule has 1 heterocycles.